The quantitative estimate of drug-likeness (QED) is 0.811. The summed E-state index contributed by atoms with van der Waals surface area (Å²) < 4.78 is 5.14. The maximum Gasteiger partial charge on any atom is 0.224 e. The molecule has 0 unspecified atom stereocenters. The summed E-state index contributed by atoms with van der Waals surface area (Å²) in [5, 5.41) is 13.7. The van der Waals surface area contributed by atoms with Crippen LogP contribution >= 0.6 is 0 Å². The molecule has 4 atom stereocenters. The Bertz CT molecular complexity index is 705. The molecule has 1 heterocycles. The highest BCUT2D eigenvalue weighted by Gasteiger charge is 2.53. The van der Waals surface area contributed by atoms with Crippen molar-refractivity contribution in [1.82, 2.24) is 10.2 Å². The summed E-state index contributed by atoms with van der Waals surface area (Å²) in [6.45, 7) is 4.12. The summed E-state index contributed by atoms with van der Waals surface area (Å²) in [5.41, 5.74) is 0.619. The number of ether oxygens (including phenoxy) is 1. The number of carbonyl (C=O) groups is 2. The van der Waals surface area contributed by atoms with Gasteiger partial charge in [0.1, 0.15) is 5.75 Å². The summed E-state index contributed by atoms with van der Waals surface area (Å²) in [7, 11) is 1.61. The third-order valence-corrected chi connectivity index (χ3v) is 6.55. The number of carbonyl (C=O) groups excluding carboxylic acids is 2. The Hall–Kier alpha value is -2.08. The lowest BCUT2D eigenvalue weighted by molar-refractivity contribution is -0.133. The van der Waals surface area contributed by atoms with Crippen LogP contribution in [-0.2, 0) is 16.0 Å². The average Bonchev–Trinajstić information content (AvgIpc) is 2.89. The highest BCUT2D eigenvalue weighted by Crippen LogP contribution is 2.48. The summed E-state index contributed by atoms with van der Waals surface area (Å²) in [5.74, 6) is 0.723. The zero-order valence-corrected chi connectivity index (χ0v) is 17.1. The summed E-state index contributed by atoms with van der Waals surface area (Å²) in [6, 6.07) is 7.42. The van der Waals surface area contributed by atoms with Crippen molar-refractivity contribution in [2.45, 2.75) is 70.6 Å². The fraction of sp³-hybridized carbons (Fsp3) is 0.636. The number of hydrogen-bond donors (Lipinski definition) is 2. The molecule has 1 aromatic carbocycles. The van der Waals surface area contributed by atoms with Crippen LogP contribution in [0.3, 0.4) is 0 Å². The van der Waals surface area contributed by atoms with E-state index in [0.29, 0.717) is 13.0 Å². The second kappa shape index (κ2) is 8.52. The van der Waals surface area contributed by atoms with Crippen LogP contribution in [0, 0.1) is 5.41 Å². The molecule has 2 fully saturated rings. The van der Waals surface area contributed by atoms with Gasteiger partial charge < -0.3 is 20.1 Å². The van der Waals surface area contributed by atoms with Gasteiger partial charge in [-0.25, -0.2) is 0 Å². The van der Waals surface area contributed by atoms with E-state index in [1.54, 1.807) is 14.0 Å². The largest absolute Gasteiger partial charge is 0.497 e. The third kappa shape index (κ3) is 4.17. The predicted octanol–water partition coefficient (Wildman–Crippen LogP) is 2.28. The van der Waals surface area contributed by atoms with E-state index in [0.717, 1.165) is 43.4 Å². The number of nitrogens with zero attached hydrogens (tertiary/aromatic N) is 1. The SMILES string of the molecule is COc1ccc(CC(=O)NC[C@H]2C[C@@]3(C)[C@@H](O)CCCC[C@H]3N2C(C)=O)cc1. The van der Waals surface area contributed by atoms with Crippen molar-refractivity contribution < 1.29 is 19.4 Å². The molecule has 28 heavy (non-hydrogen) atoms. The van der Waals surface area contributed by atoms with Crippen molar-refractivity contribution in [2.75, 3.05) is 13.7 Å². The number of fused-ring (bicyclic) bond motifs is 1. The monoisotopic (exact) mass is 388 g/mol. The Morgan fingerprint density at radius 2 is 1.93 bits per heavy atom. The number of amides is 2. The minimum Gasteiger partial charge on any atom is -0.497 e. The molecule has 1 saturated carbocycles. The number of hydrogen-bond acceptors (Lipinski definition) is 4. The van der Waals surface area contributed by atoms with E-state index in [1.165, 1.54) is 0 Å². The Labute approximate surface area is 167 Å². The van der Waals surface area contributed by atoms with Gasteiger partial charge in [0, 0.05) is 24.9 Å². The summed E-state index contributed by atoms with van der Waals surface area (Å²) >= 11 is 0. The number of rotatable bonds is 5. The van der Waals surface area contributed by atoms with Gasteiger partial charge >= 0.3 is 0 Å². The molecule has 2 aliphatic rings. The molecule has 1 saturated heterocycles. The Balaban J connectivity index is 1.63. The molecule has 2 N–H and O–H groups in total. The van der Waals surface area contributed by atoms with E-state index in [-0.39, 0.29) is 29.3 Å². The number of aliphatic hydroxyl groups excluding tert-OH is 1. The normalized spacial score (nSPS) is 29.7. The van der Waals surface area contributed by atoms with Gasteiger partial charge in [-0.05, 0) is 37.0 Å². The van der Waals surface area contributed by atoms with Crippen LogP contribution in [0.2, 0.25) is 0 Å². The third-order valence-electron chi connectivity index (χ3n) is 6.55. The van der Waals surface area contributed by atoms with Gasteiger partial charge in [-0.2, -0.15) is 0 Å². The molecule has 0 aromatic heterocycles. The van der Waals surface area contributed by atoms with Crippen LogP contribution in [0.15, 0.2) is 24.3 Å². The number of likely N-dealkylation sites (tertiary alicyclic amines) is 1. The molecule has 0 radical (unpaired) electrons. The zero-order valence-electron chi connectivity index (χ0n) is 17.1. The van der Waals surface area contributed by atoms with Crippen molar-refractivity contribution in [3.8, 4) is 5.75 Å². The molecule has 1 aromatic rings. The molecule has 154 valence electrons. The molecule has 2 amide bonds. The first kappa shape index (κ1) is 20.6. The maximum absolute atomic E-state index is 12.4. The Morgan fingerprint density at radius 1 is 1.25 bits per heavy atom. The topological polar surface area (TPSA) is 78.9 Å². The molecular formula is C22H32N2O4. The number of benzene rings is 1. The van der Waals surface area contributed by atoms with Gasteiger partial charge in [0.15, 0.2) is 0 Å². The lowest BCUT2D eigenvalue weighted by Crippen LogP contribution is -2.48. The lowest BCUT2D eigenvalue weighted by Gasteiger charge is -2.37. The standard InChI is InChI=1S/C22H32N2O4/c1-15(25)24-17(13-22(2)19(24)6-4-5-7-20(22)26)14-23-21(27)12-16-8-10-18(28-3)11-9-16/h8-11,17,19-20,26H,4-7,12-14H2,1-3H3,(H,23,27)/t17-,19-,20+,22-/m1/s1. The van der Waals surface area contributed by atoms with Crippen molar-refractivity contribution in [1.29, 1.82) is 0 Å². The van der Waals surface area contributed by atoms with Crippen LogP contribution in [0.25, 0.3) is 0 Å². The van der Waals surface area contributed by atoms with Gasteiger partial charge in [-0.3, -0.25) is 9.59 Å². The second-order valence-corrected chi connectivity index (χ2v) is 8.44. The fourth-order valence-electron chi connectivity index (χ4n) is 5.02. The van der Waals surface area contributed by atoms with Crippen molar-refractivity contribution >= 4 is 11.8 Å². The molecule has 1 aliphatic heterocycles. The molecule has 6 nitrogen and oxygen atoms in total. The molecule has 0 bridgehead atoms. The first-order chi connectivity index (χ1) is 13.3. The van der Waals surface area contributed by atoms with E-state index in [9.17, 15) is 14.7 Å². The smallest absolute Gasteiger partial charge is 0.224 e. The van der Waals surface area contributed by atoms with Crippen LogP contribution in [-0.4, -0.2) is 53.7 Å². The molecule has 1 aliphatic carbocycles. The number of aliphatic hydroxyl groups is 1. The van der Waals surface area contributed by atoms with Crippen molar-refractivity contribution in [3.63, 3.8) is 0 Å². The van der Waals surface area contributed by atoms with Gasteiger partial charge in [0.25, 0.3) is 0 Å². The van der Waals surface area contributed by atoms with Crippen LogP contribution < -0.4 is 10.1 Å². The molecule has 0 spiro atoms. The van der Waals surface area contributed by atoms with Crippen molar-refractivity contribution in [3.05, 3.63) is 29.8 Å². The van der Waals surface area contributed by atoms with E-state index in [4.69, 9.17) is 4.74 Å². The fourth-order valence-corrected chi connectivity index (χ4v) is 5.02. The number of nitrogens with one attached hydrogen (secondary N) is 1. The zero-order chi connectivity index (χ0) is 20.3. The second-order valence-electron chi connectivity index (χ2n) is 8.44. The van der Waals surface area contributed by atoms with E-state index in [2.05, 4.69) is 12.2 Å². The van der Waals surface area contributed by atoms with E-state index >= 15 is 0 Å². The van der Waals surface area contributed by atoms with Gasteiger partial charge in [0.2, 0.25) is 11.8 Å². The van der Waals surface area contributed by atoms with Gasteiger partial charge in [-0.1, -0.05) is 31.9 Å². The van der Waals surface area contributed by atoms with E-state index in [1.807, 2.05) is 29.2 Å². The van der Waals surface area contributed by atoms with Gasteiger partial charge in [-0.15, -0.1) is 0 Å². The average molecular weight is 389 g/mol. The highest BCUT2D eigenvalue weighted by molar-refractivity contribution is 5.79. The summed E-state index contributed by atoms with van der Waals surface area (Å²) in [6.07, 6.45) is 4.35. The minimum absolute atomic E-state index is 0.0252. The molecule has 6 heteroatoms. The Morgan fingerprint density at radius 3 is 2.57 bits per heavy atom. The first-order valence-electron chi connectivity index (χ1n) is 10.2. The maximum atomic E-state index is 12.4. The van der Waals surface area contributed by atoms with Gasteiger partial charge in [0.05, 0.1) is 25.7 Å². The van der Waals surface area contributed by atoms with Crippen LogP contribution in [0.4, 0.5) is 0 Å². The predicted molar refractivity (Wildman–Crippen MR) is 107 cm³/mol. The minimum atomic E-state index is -0.401. The number of methoxy groups -OCH3 is 1. The van der Waals surface area contributed by atoms with Crippen molar-refractivity contribution in [2.24, 2.45) is 5.41 Å². The molecular weight excluding hydrogens is 356 g/mol. The van der Waals surface area contributed by atoms with Crippen LogP contribution in [0.1, 0.15) is 51.5 Å². The molecule has 3 rings (SSSR count). The Kier molecular flexibility index (Phi) is 6.28. The lowest BCUT2D eigenvalue weighted by atomic mass is 9.75. The first-order valence-corrected chi connectivity index (χ1v) is 10.2. The summed E-state index contributed by atoms with van der Waals surface area (Å²) in [4.78, 5) is 26.7. The van der Waals surface area contributed by atoms with E-state index < -0.39 is 6.10 Å². The highest BCUT2D eigenvalue weighted by atomic mass is 16.5. The van der Waals surface area contributed by atoms with Crippen LogP contribution in [0.5, 0.6) is 5.75 Å².